The third-order valence-corrected chi connectivity index (χ3v) is 3.14. The topological polar surface area (TPSA) is 69.9 Å². The van der Waals surface area contributed by atoms with E-state index in [2.05, 4.69) is 15.9 Å². The van der Waals surface area contributed by atoms with E-state index < -0.39 is 12.2 Å². The van der Waals surface area contributed by atoms with Crippen molar-refractivity contribution in [3.05, 3.63) is 22.2 Å². The van der Waals surface area contributed by atoms with Gasteiger partial charge in [-0.05, 0) is 12.1 Å². The van der Waals surface area contributed by atoms with Crippen LogP contribution >= 0.6 is 27.5 Å². The Morgan fingerprint density at radius 1 is 1.44 bits per heavy atom. The van der Waals surface area contributed by atoms with Crippen LogP contribution in [-0.4, -0.2) is 34.4 Å². The van der Waals surface area contributed by atoms with Crippen LogP contribution in [0.5, 0.6) is 11.5 Å². The number of halogens is 2. The van der Waals surface area contributed by atoms with E-state index in [9.17, 15) is 15.3 Å². The van der Waals surface area contributed by atoms with Gasteiger partial charge in [0.2, 0.25) is 0 Å². The van der Waals surface area contributed by atoms with Crippen LogP contribution in [-0.2, 0) is 0 Å². The molecular formula is C10H12BrClO4. The summed E-state index contributed by atoms with van der Waals surface area (Å²) in [4.78, 5) is 0. The molecule has 0 aromatic heterocycles. The van der Waals surface area contributed by atoms with Crippen LogP contribution in [0.4, 0.5) is 0 Å². The second-order valence-electron chi connectivity index (χ2n) is 3.21. The molecule has 16 heavy (non-hydrogen) atoms. The number of aliphatic hydroxyl groups is 2. The molecule has 2 atom stereocenters. The molecule has 3 N–H and O–H groups in total. The number of phenols is 1. The van der Waals surface area contributed by atoms with Gasteiger partial charge in [0.15, 0.2) is 11.5 Å². The van der Waals surface area contributed by atoms with Gasteiger partial charge in [-0.15, -0.1) is 11.6 Å². The van der Waals surface area contributed by atoms with Crippen molar-refractivity contribution in [1.82, 2.24) is 0 Å². The van der Waals surface area contributed by atoms with Crippen molar-refractivity contribution in [2.24, 2.45) is 0 Å². The number of ether oxygens (including phenoxy) is 1. The lowest BCUT2D eigenvalue weighted by atomic mass is 10.0. The van der Waals surface area contributed by atoms with Crippen molar-refractivity contribution in [2.75, 3.05) is 13.0 Å². The molecule has 0 heterocycles. The molecule has 6 heteroatoms. The first-order valence-corrected chi connectivity index (χ1v) is 5.82. The Morgan fingerprint density at radius 3 is 2.56 bits per heavy atom. The number of aromatic hydroxyl groups is 1. The number of hydrogen-bond acceptors (Lipinski definition) is 4. The van der Waals surface area contributed by atoms with E-state index in [1.54, 1.807) is 0 Å². The molecule has 0 spiro atoms. The van der Waals surface area contributed by atoms with Crippen molar-refractivity contribution >= 4 is 27.5 Å². The summed E-state index contributed by atoms with van der Waals surface area (Å²) in [6.07, 6.45) is -2.21. The third kappa shape index (κ3) is 2.79. The smallest absolute Gasteiger partial charge is 0.160 e. The molecule has 0 radical (unpaired) electrons. The van der Waals surface area contributed by atoms with Crippen LogP contribution in [0.3, 0.4) is 0 Å². The molecule has 0 bridgehead atoms. The van der Waals surface area contributed by atoms with Crippen molar-refractivity contribution in [3.63, 3.8) is 0 Å². The van der Waals surface area contributed by atoms with Gasteiger partial charge in [0.05, 0.1) is 19.1 Å². The Labute approximate surface area is 107 Å². The Bertz CT molecular complexity index is 372. The highest BCUT2D eigenvalue weighted by Gasteiger charge is 2.21. The average Bonchev–Trinajstić information content (AvgIpc) is 2.27. The molecule has 90 valence electrons. The highest BCUT2D eigenvalue weighted by molar-refractivity contribution is 9.10. The zero-order chi connectivity index (χ0) is 12.3. The van der Waals surface area contributed by atoms with Crippen LogP contribution in [0.15, 0.2) is 16.6 Å². The second kappa shape index (κ2) is 5.72. The van der Waals surface area contributed by atoms with Crippen molar-refractivity contribution in [2.45, 2.75) is 12.2 Å². The van der Waals surface area contributed by atoms with Gasteiger partial charge in [-0.2, -0.15) is 0 Å². The van der Waals surface area contributed by atoms with E-state index >= 15 is 0 Å². The number of benzene rings is 1. The van der Waals surface area contributed by atoms with Gasteiger partial charge in [0, 0.05) is 10.0 Å². The summed E-state index contributed by atoms with van der Waals surface area (Å²) in [7, 11) is 1.40. The van der Waals surface area contributed by atoms with Gasteiger partial charge in [0.25, 0.3) is 0 Å². The van der Waals surface area contributed by atoms with Gasteiger partial charge in [-0.1, -0.05) is 15.9 Å². The Morgan fingerprint density at radius 2 is 2.06 bits per heavy atom. The van der Waals surface area contributed by atoms with Crippen LogP contribution in [0.2, 0.25) is 0 Å². The highest BCUT2D eigenvalue weighted by atomic mass is 79.9. The lowest BCUT2D eigenvalue weighted by Gasteiger charge is -2.18. The van der Waals surface area contributed by atoms with Crippen LogP contribution in [0.25, 0.3) is 0 Å². The maximum Gasteiger partial charge on any atom is 0.160 e. The summed E-state index contributed by atoms with van der Waals surface area (Å²) in [5.41, 5.74) is 0.405. The number of alkyl halides is 1. The predicted molar refractivity (Wildman–Crippen MR) is 64.0 cm³/mol. The molecule has 0 fully saturated rings. The SMILES string of the molecule is COc1cc(C(O)C(O)CCl)c(Br)cc1O. The first-order valence-electron chi connectivity index (χ1n) is 4.49. The quantitative estimate of drug-likeness (QED) is 0.742. The van der Waals surface area contributed by atoms with E-state index in [0.29, 0.717) is 10.0 Å². The number of methoxy groups -OCH3 is 1. The van der Waals surface area contributed by atoms with Gasteiger partial charge in [0.1, 0.15) is 6.10 Å². The Hall–Kier alpha value is -0.490. The van der Waals surface area contributed by atoms with Gasteiger partial charge >= 0.3 is 0 Å². The third-order valence-electron chi connectivity index (χ3n) is 2.14. The number of aliphatic hydroxyl groups excluding tert-OH is 2. The summed E-state index contributed by atoms with van der Waals surface area (Å²) < 4.78 is 5.38. The van der Waals surface area contributed by atoms with Crippen molar-refractivity contribution in [3.8, 4) is 11.5 Å². The van der Waals surface area contributed by atoms with E-state index in [1.165, 1.54) is 19.2 Å². The fraction of sp³-hybridized carbons (Fsp3) is 0.400. The molecule has 1 aromatic carbocycles. The first kappa shape index (κ1) is 13.6. The largest absolute Gasteiger partial charge is 0.504 e. The molecule has 0 aliphatic rings. The number of phenolic OH excluding ortho intramolecular Hbond substituents is 1. The molecule has 0 amide bonds. The van der Waals surface area contributed by atoms with Crippen molar-refractivity contribution < 1.29 is 20.1 Å². The number of hydrogen-bond donors (Lipinski definition) is 3. The van der Waals surface area contributed by atoms with Gasteiger partial charge in [-0.3, -0.25) is 0 Å². The summed E-state index contributed by atoms with van der Waals surface area (Å²) in [5.74, 6) is 0.0845. The Balaban J connectivity index is 3.13. The molecule has 0 aliphatic carbocycles. The lowest BCUT2D eigenvalue weighted by molar-refractivity contribution is 0.0321. The molecular weight excluding hydrogens is 299 g/mol. The monoisotopic (exact) mass is 310 g/mol. The normalized spacial score (nSPS) is 14.6. The fourth-order valence-corrected chi connectivity index (χ4v) is 1.98. The molecule has 2 unspecified atom stereocenters. The zero-order valence-corrected chi connectivity index (χ0v) is 10.9. The molecule has 1 rings (SSSR count). The summed E-state index contributed by atoms with van der Waals surface area (Å²) in [6, 6.07) is 2.83. The summed E-state index contributed by atoms with van der Waals surface area (Å²) >= 11 is 8.63. The standard InChI is InChI=1S/C10H12BrClO4/c1-16-9-2-5(6(11)3-7(9)13)10(15)8(14)4-12/h2-3,8,10,13-15H,4H2,1H3. The molecule has 1 aromatic rings. The fourth-order valence-electron chi connectivity index (χ4n) is 1.24. The van der Waals surface area contributed by atoms with Crippen LogP contribution in [0.1, 0.15) is 11.7 Å². The second-order valence-corrected chi connectivity index (χ2v) is 4.38. The average molecular weight is 312 g/mol. The summed E-state index contributed by atoms with van der Waals surface area (Å²) in [6.45, 7) is 0. The molecule has 0 saturated carbocycles. The number of rotatable bonds is 4. The molecule has 0 saturated heterocycles. The summed E-state index contributed by atoms with van der Waals surface area (Å²) in [5, 5.41) is 28.7. The van der Waals surface area contributed by atoms with E-state index in [4.69, 9.17) is 16.3 Å². The highest BCUT2D eigenvalue weighted by Crippen LogP contribution is 2.36. The minimum Gasteiger partial charge on any atom is -0.504 e. The molecule has 0 aliphatic heterocycles. The van der Waals surface area contributed by atoms with Crippen molar-refractivity contribution in [1.29, 1.82) is 0 Å². The minimum absolute atomic E-state index is 0.0503. The first-order chi connectivity index (χ1) is 7.51. The van der Waals surface area contributed by atoms with E-state index in [0.717, 1.165) is 0 Å². The minimum atomic E-state index is -1.14. The maximum atomic E-state index is 9.78. The van der Waals surface area contributed by atoms with E-state index in [1.807, 2.05) is 0 Å². The van der Waals surface area contributed by atoms with E-state index in [-0.39, 0.29) is 17.4 Å². The van der Waals surface area contributed by atoms with Crippen LogP contribution in [0, 0.1) is 0 Å². The maximum absolute atomic E-state index is 9.78. The molecule has 4 nitrogen and oxygen atoms in total. The predicted octanol–water partition coefficient (Wildman–Crippen LogP) is 1.80. The van der Waals surface area contributed by atoms with Gasteiger partial charge in [-0.25, -0.2) is 0 Å². The Kier molecular flexibility index (Phi) is 4.86. The van der Waals surface area contributed by atoms with Crippen LogP contribution < -0.4 is 4.74 Å². The van der Waals surface area contributed by atoms with Gasteiger partial charge < -0.3 is 20.1 Å². The zero-order valence-electron chi connectivity index (χ0n) is 8.52. The lowest BCUT2D eigenvalue weighted by Crippen LogP contribution is -2.20.